The van der Waals surface area contributed by atoms with E-state index in [4.69, 9.17) is 0 Å². The van der Waals surface area contributed by atoms with Gasteiger partial charge >= 0.3 is 0 Å². The third-order valence-corrected chi connectivity index (χ3v) is 5.15. The molecule has 2 aromatic rings. The van der Waals surface area contributed by atoms with Crippen LogP contribution in [0.4, 0.5) is 5.69 Å². The van der Waals surface area contributed by atoms with Gasteiger partial charge in [-0.1, -0.05) is 25.5 Å². The number of amides is 1. The van der Waals surface area contributed by atoms with Crippen molar-refractivity contribution in [1.82, 2.24) is 0 Å². The van der Waals surface area contributed by atoms with Crippen LogP contribution in [0, 0.1) is 0 Å². The molecule has 1 aromatic heterocycles. The number of hydrogen-bond donors (Lipinski definition) is 1. The maximum Gasteiger partial charge on any atom is 0.256 e. The van der Waals surface area contributed by atoms with E-state index in [0.717, 1.165) is 36.9 Å². The summed E-state index contributed by atoms with van der Waals surface area (Å²) in [6, 6.07) is 8.20. The number of rotatable bonds is 4. The van der Waals surface area contributed by atoms with Gasteiger partial charge in [0.05, 0.1) is 5.56 Å². The third-order valence-electron chi connectivity index (χ3n) is 4.06. The Bertz CT molecular complexity index is 627. The summed E-state index contributed by atoms with van der Waals surface area (Å²) in [6.07, 6.45) is 6.89. The SMILES string of the molecule is CCCc1ccc(NC(=O)c2csc3c2CCCC3)cc1. The molecular weight excluding hydrogens is 278 g/mol. The van der Waals surface area contributed by atoms with Gasteiger partial charge in [-0.2, -0.15) is 0 Å². The molecule has 2 nitrogen and oxygen atoms in total. The summed E-state index contributed by atoms with van der Waals surface area (Å²) in [4.78, 5) is 13.9. The number of nitrogens with one attached hydrogen (secondary N) is 1. The number of benzene rings is 1. The molecule has 0 saturated carbocycles. The maximum atomic E-state index is 12.5. The Hall–Kier alpha value is -1.61. The van der Waals surface area contributed by atoms with E-state index in [9.17, 15) is 4.79 Å². The zero-order valence-corrected chi connectivity index (χ0v) is 13.3. The highest BCUT2D eigenvalue weighted by Gasteiger charge is 2.20. The molecule has 0 radical (unpaired) electrons. The average Bonchev–Trinajstić information content (AvgIpc) is 2.93. The molecule has 1 aliphatic rings. The number of carbonyl (C=O) groups excluding carboxylic acids is 1. The Balaban J connectivity index is 1.72. The van der Waals surface area contributed by atoms with Gasteiger partial charge in [-0.05, 0) is 55.4 Å². The van der Waals surface area contributed by atoms with Gasteiger partial charge in [0.1, 0.15) is 0 Å². The molecule has 0 bridgehead atoms. The highest BCUT2D eigenvalue weighted by atomic mass is 32.1. The standard InChI is InChI=1S/C18H21NOS/c1-2-5-13-8-10-14(11-9-13)19-18(20)16-12-21-17-7-4-3-6-15(16)17/h8-12H,2-7H2,1H3,(H,19,20). The van der Waals surface area contributed by atoms with Crippen molar-refractivity contribution in [3.63, 3.8) is 0 Å². The molecule has 1 amide bonds. The Kier molecular flexibility index (Phi) is 4.39. The number of fused-ring (bicyclic) bond motifs is 1. The lowest BCUT2D eigenvalue weighted by Crippen LogP contribution is -2.14. The van der Waals surface area contributed by atoms with E-state index >= 15 is 0 Å². The zero-order chi connectivity index (χ0) is 14.7. The van der Waals surface area contributed by atoms with Crippen LogP contribution in [0.3, 0.4) is 0 Å². The summed E-state index contributed by atoms with van der Waals surface area (Å²) >= 11 is 1.74. The van der Waals surface area contributed by atoms with Crippen molar-refractivity contribution in [3.8, 4) is 0 Å². The van der Waals surface area contributed by atoms with Crippen molar-refractivity contribution in [3.05, 3.63) is 51.2 Å². The van der Waals surface area contributed by atoms with Gasteiger partial charge in [-0.25, -0.2) is 0 Å². The van der Waals surface area contributed by atoms with E-state index in [1.165, 1.54) is 28.8 Å². The van der Waals surface area contributed by atoms with Crippen LogP contribution in [-0.2, 0) is 19.3 Å². The van der Waals surface area contributed by atoms with Gasteiger partial charge in [-0.15, -0.1) is 11.3 Å². The number of aryl methyl sites for hydroxylation is 2. The maximum absolute atomic E-state index is 12.5. The molecular formula is C18H21NOS. The van der Waals surface area contributed by atoms with Crippen molar-refractivity contribution >= 4 is 22.9 Å². The van der Waals surface area contributed by atoms with Crippen molar-refractivity contribution in [2.24, 2.45) is 0 Å². The first-order valence-electron chi connectivity index (χ1n) is 7.77. The summed E-state index contributed by atoms with van der Waals surface area (Å²) in [5, 5.41) is 5.06. The van der Waals surface area contributed by atoms with Gasteiger partial charge < -0.3 is 5.32 Å². The quantitative estimate of drug-likeness (QED) is 0.860. The fourth-order valence-corrected chi connectivity index (χ4v) is 4.05. The zero-order valence-electron chi connectivity index (χ0n) is 12.4. The smallest absolute Gasteiger partial charge is 0.256 e. The summed E-state index contributed by atoms with van der Waals surface area (Å²) in [6.45, 7) is 2.18. The summed E-state index contributed by atoms with van der Waals surface area (Å²) in [5.74, 6) is 0.0395. The fraction of sp³-hybridized carbons (Fsp3) is 0.389. The number of anilines is 1. The van der Waals surface area contributed by atoms with E-state index in [0.29, 0.717) is 0 Å². The minimum absolute atomic E-state index is 0.0395. The van der Waals surface area contributed by atoms with Crippen molar-refractivity contribution in [1.29, 1.82) is 0 Å². The second-order valence-electron chi connectivity index (χ2n) is 5.66. The molecule has 1 heterocycles. The monoisotopic (exact) mass is 299 g/mol. The number of hydrogen-bond acceptors (Lipinski definition) is 2. The third kappa shape index (κ3) is 3.18. The molecule has 0 saturated heterocycles. The van der Waals surface area contributed by atoms with Crippen LogP contribution in [0.5, 0.6) is 0 Å². The first-order chi connectivity index (χ1) is 10.3. The van der Waals surface area contributed by atoms with Crippen LogP contribution in [0.25, 0.3) is 0 Å². The Morgan fingerprint density at radius 2 is 1.95 bits per heavy atom. The molecule has 110 valence electrons. The topological polar surface area (TPSA) is 29.1 Å². The lowest BCUT2D eigenvalue weighted by molar-refractivity contribution is 0.102. The lowest BCUT2D eigenvalue weighted by Gasteiger charge is -2.13. The summed E-state index contributed by atoms with van der Waals surface area (Å²) in [5.41, 5.74) is 4.37. The first kappa shape index (κ1) is 14.3. The minimum atomic E-state index is 0.0395. The van der Waals surface area contributed by atoms with E-state index in [-0.39, 0.29) is 5.91 Å². The normalized spacial score (nSPS) is 13.8. The van der Waals surface area contributed by atoms with Crippen molar-refractivity contribution < 1.29 is 4.79 Å². The Morgan fingerprint density at radius 3 is 2.71 bits per heavy atom. The van der Waals surface area contributed by atoms with Gasteiger partial charge in [-0.3, -0.25) is 4.79 Å². The molecule has 0 unspecified atom stereocenters. The Labute approximate surface area is 130 Å². The van der Waals surface area contributed by atoms with Crippen LogP contribution < -0.4 is 5.32 Å². The van der Waals surface area contributed by atoms with Crippen LogP contribution in [0.1, 0.15) is 52.5 Å². The molecule has 1 aliphatic carbocycles. The molecule has 1 aromatic carbocycles. The van der Waals surface area contributed by atoms with E-state index in [1.54, 1.807) is 11.3 Å². The van der Waals surface area contributed by atoms with Crippen LogP contribution in [0.15, 0.2) is 29.6 Å². The second-order valence-corrected chi connectivity index (χ2v) is 6.62. The molecule has 3 rings (SSSR count). The summed E-state index contributed by atoms with van der Waals surface area (Å²) < 4.78 is 0. The number of thiophene rings is 1. The fourth-order valence-electron chi connectivity index (χ4n) is 2.93. The highest BCUT2D eigenvalue weighted by molar-refractivity contribution is 7.10. The molecule has 0 fully saturated rings. The van der Waals surface area contributed by atoms with Gasteiger partial charge in [0, 0.05) is 15.9 Å². The average molecular weight is 299 g/mol. The van der Waals surface area contributed by atoms with Gasteiger partial charge in [0.25, 0.3) is 5.91 Å². The minimum Gasteiger partial charge on any atom is -0.322 e. The van der Waals surface area contributed by atoms with Gasteiger partial charge in [0.2, 0.25) is 0 Å². The number of carbonyl (C=O) groups is 1. The molecule has 0 spiro atoms. The Morgan fingerprint density at radius 1 is 1.19 bits per heavy atom. The van der Waals surface area contributed by atoms with E-state index in [1.807, 2.05) is 17.5 Å². The molecule has 0 atom stereocenters. The predicted octanol–water partition coefficient (Wildman–Crippen LogP) is 4.83. The van der Waals surface area contributed by atoms with Crippen molar-refractivity contribution in [2.45, 2.75) is 45.4 Å². The lowest BCUT2D eigenvalue weighted by atomic mass is 9.95. The second kappa shape index (κ2) is 6.44. The molecule has 0 aliphatic heterocycles. The van der Waals surface area contributed by atoms with E-state index in [2.05, 4.69) is 24.4 Å². The molecule has 21 heavy (non-hydrogen) atoms. The van der Waals surface area contributed by atoms with E-state index < -0.39 is 0 Å². The highest BCUT2D eigenvalue weighted by Crippen LogP contribution is 2.30. The van der Waals surface area contributed by atoms with Crippen LogP contribution >= 0.6 is 11.3 Å². The largest absolute Gasteiger partial charge is 0.322 e. The molecule has 1 N–H and O–H groups in total. The molecule has 3 heteroatoms. The predicted molar refractivity (Wildman–Crippen MR) is 89.4 cm³/mol. The first-order valence-corrected chi connectivity index (χ1v) is 8.65. The van der Waals surface area contributed by atoms with Gasteiger partial charge in [0.15, 0.2) is 0 Å². The summed E-state index contributed by atoms with van der Waals surface area (Å²) in [7, 11) is 0. The van der Waals surface area contributed by atoms with Crippen molar-refractivity contribution in [2.75, 3.05) is 5.32 Å². The van der Waals surface area contributed by atoms with Crippen LogP contribution in [-0.4, -0.2) is 5.91 Å². The van der Waals surface area contributed by atoms with Crippen LogP contribution in [0.2, 0.25) is 0 Å².